The van der Waals surface area contributed by atoms with E-state index in [-0.39, 0.29) is 7.61 Å². The summed E-state index contributed by atoms with van der Waals surface area (Å²) in [6.45, 7) is 15.5. The molecule has 0 spiro atoms. The van der Waals surface area contributed by atoms with Crippen LogP contribution in [-0.4, -0.2) is 22.6 Å². The van der Waals surface area contributed by atoms with Gasteiger partial charge in [-0.15, -0.1) is 0 Å². The third-order valence-electron chi connectivity index (χ3n) is 2.90. The van der Waals surface area contributed by atoms with E-state index in [2.05, 4.69) is 55.4 Å². The third-order valence-corrected chi connectivity index (χ3v) is 16.4. The molecule has 0 atom stereocenters. The summed E-state index contributed by atoms with van der Waals surface area (Å²) in [5.74, 6) is 0. The van der Waals surface area contributed by atoms with Crippen molar-refractivity contribution in [2.75, 3.05) is 0 Å². The molecule has 0 aromatic heterocycles. The Bertz CT molecular complexity index is 212. The lowest BCUT2D eigenvalue weighted by atomic mass is 10.5. The second-order valence-electron chi connectivity index (χ2n) is 5.43. The van der Waals surface area contributed by atoms with Crippen LogP contribution in [0.25, 0.3) is 0 Å². The summed E-state index contributed by atoms with van der Waals surface area (Å²) < 4.78 is 13.2. The molecule has 0 N–H and O–H groups in total. The van der Waals surface area contributed by atoms with Gasteiger partial charge in [-0.1, -0.05) is 55.4 Å². The smallest absolute Gasteiger partial charge is 0.113 e. The Labute approximate surface area is 97.4 Å². The van der Waals surface area contributed by atoms with E-state index in [9.17, 15) is 4.57 Å². The summed E-state index contributed by atoms with van der Waals surface area (Å²) in [5, 5.41) is 0. The zero-order chi connectivity index (χ0) is 12.4. The molecule has 1 nitrogen and oxygen atoms in total. The average molecular weight is 250 g/mol. The van der Waals surface area contributed by atoms with Crippen LogP contribution in [0.4, 0.5) is 0 Å². The van der Waals surface area contributed by atoms with Crippen LogP contribution in [0.5, 0.6) is 0 Å². The molecule has 0 aliphatic heterocycles. The Kier molecular flexibility index (Phi) is 6.09. The zero-order valence-electron chi connectivity index (χ0n) is 11.6. The molecule has 0 aromatic rings. The highest BCUT2D eigenvalue weighted by Crippen LogP contribution is 2.83. The summed E-state index contributed by atoms with van der Waals surface area (Å²) in [4.78, 5) is 0. The van der Waals surface area contributed by atoms with Crippen LogP contribution in [0.1, 0.15) is 55.4 Å². The van der Waals surface area contributed by atoms with E-state index in [1.807, 2.05) is 0 Å². The quantitative estimate of drug-likeness (QED) is 0.599. The van der Waals surface area contributed by atoms with E-state index in [1.165, 1.54) is 0 Å². The van der Waals surface area contributed by atoms with E-state index in [0.29, 0.717) is 22.6 Å². The van der Waals surface area contributed by atoms with Crippen LogP contribution in [0.2, 0.25) is 0 Å². The second-order valence-corrected chi connectivity index (χ2v) is 14.9. The van der Waals surface area contributed by atoms with Crippen molar-refractivity contribution >= 4 is 14.4 Å². The van der Waals surface area contributed by atoms with Crippen LogP contribution in [0, 0.1) is 0 Å². The van der Waals surface area contributed by atoms with Crippen molar-refractivity contribution in [3.05, 3.63) is 0 Å². The summed E-state index contributed by atoms with van der Waals surface area (Å²) in [6, 6.07) is 0. The molecule has 15 heavy (non-hydrogen) atoms. The fourth-order valence-electron chi connectivity index (χ4n) is 2.45. The summed E-state index contributed by atoms with van der Waals surface area (Å²) in [6.07, 6.45) is 0. The Morgan fingerprint density at radius 3 is 1.07 bits per heavy atom. The molecule has 0 amide bonds. The summed E-state index contributed by atoms with van der Waals surface area (Å²) >= 11 is 0. The first-order valence-corrected chi connectivity index (χ1v) is 10.1. The molecule has 0 saturated carbocycles. The van der Waals surface area contributed by atoms with E-state index in [4.69, 9.17) is 0 Å². The van der Waals surface area contributed by atoms with E-state index in [0.717, 1.165) is 0 Å². The molecule has 0 bridgehead atoms. The van der Waals surface area contributed by atoms with Gasteiger partial charge in [0.15, 0.2) is 0 Å². The molecule has 0 saturated heterocycles. The molecule has 0 aliphatic rings. The fraction of sp³-hybridized carbons (Fsp3) is 1.00. The molecule has 0 aliphatic carbocycles. The Morgan fingerprint density at radius 1 is 0.733 bits per heavy atom. The first-order valence-electron chi connectivity index (χ1n) is 6.03. The lowest BCUT2D eigenvalue weighted by molar-refractivity contribution is 0.572. The molecule has 92 valence electrons. The lowest BCUT2D eigenvalue weighted by Gasteiger charge is -2.39. The van der Waals surface area contributed by atoms with Crippen molar-refractivity contribution in [2.45, 2.75) is 78.0 Å². The minimum Gasteiger partial charge on any atom is -0.318 e. The predicted octanol–water partition coefficient (Wildman–Crippen LogP) is 5.38. The zero-order valence-corrected chi connectivity index (χ0v) is 13.4. The van der Waals surface area contributed by atoms with Gasteiger partial charge in [0.05, 0.1) is 0 Å². The maximum atomic E-state index is 13.2. The average Bonchev–Trinajstić information content (AvgIpc) is 2.01. The van der Waals surface area contributed by atoms with Crippen molar-refractivity contribution in [3.63, 3.8) is 0 Å². The SMILES string of the molecule is CC(C)P(C(C)C)P(=O)(C(C)C)C(C)C. The van der Waals surface area contributed by atoms with Gasteiger partial charge in [-0.2, -0.15) is 0 Å². The highest BCUT2D eigenvalue weighted by Gasteiger charge is 2.41. The van der Waals surface area contributed by atoms with Gasteiger partial charge in [-0.25, -0.2) is 0 Å². The summed E-state index contributed by atoms with van der Waals surface area (Å²) in [7, 11) is -0.347. The normalized spacial score (nSPS) is 13.9. The van der Waals surface area contributed by atoms with Crippen LogP contribution >= 0.6 is 14.4 Å². The van der Waals surface area contributed by atoms with Crippen molar-refractivity contribution in [1.82, 2.24) is 0 Å². The Morgan fingerprint density at radius 2 is 1.00 bits per heavy atom. The molecule has 0 unspecified atom stereocenters. The van der Waals surface area contributed by atoms with Crippen molar-refractivity contribution in [2.24, 2.45) is 0 Å². The maximum Gasteiger partial charge on any atom is 0.113 e. The number of rotatable bonds is 5. The highest BCUT2D eigenvalue weighted by molar-refractivity contribution is 8.34. The van der Waals surface area contributed by atoms with E-state index < -0.39 is 6.83 Å². The van der Waals surface area contributed by atoms with Gasteiger partial charge >= 0.3 is 0 Å². The first kappa shape index (κ1) is 15.7. The summed E-state index contributed by atoms with van der Waals surface area (Å²) in [5.41, 5.74) is 1.84. The van der Waals surface area contributed by atoms with Gasteiger partial charge in [0, 0.05) is 11.3 Å². The fourth-order valence-corrected chi connectivity index (χ4v) is 14.9. The maximum absolute atomic E-state index is 13.2. The Hall–Kier alpha value is 0.660. The van der Waals surface area contributed by atoms with Crippen molar-refractivity contribution in [1.29, 1.82) is 0 Å². The monoisotopic (exact) mass is 250 g/mol. The number of hydrogen-bond acceptors (Lipinski definition) is 1. The second kappa shape index (κ2) is 5.83. The molecule has 3 heteroatoms. The van der Waals surface area contributed by atoms with Crippen LogP contribution in [0.3, 0.4) is 0 Å². The lowest BCUT2D eigenvalue weighted by Crippen LogP contribution is -2.14. The molecule has 0 heterocycles. The molecule has 0 rings (SSSR count). The largest absolute Gasteiger partial charge is 0.318 e. The van der Waals surface area contributed by atoms with E-state index in [1.54, 1.807) is 0 Å². The van der Waals surface area contributed by atoms with Gasteiger partial charge in [-0.05, 0) is 18.9 Å². The van der Waals surface area contributed by atoms with Gasteiger partial charge in [-0.3, -0.25) is 0 Å². The van der Waals surface area contributed by atoms with Gasteiger partial charge < -0.3 is 4.57 Å². The topological polar surface area (TPSA) is 17.1 Å². The van der Waals surface area contributed by atoms with Gasteiger partial charge in [0.25, 0.3) is 0 Å². The van der Waals surface area contributed by atoms with Crippen LogP contribution in [-0.2, 0) is 4.57 Å². The Balaban J connectivity index is 5.30. The minimum absolute atomic E-state index is 0.341. The van der Waals surface area contributed by atoms with Crippen molar-refractivity contribution in [3.8, 4) is 0 Å². The minimum atomic E-state index is -2.02. The highest BCUT2D eigenvalue weighted by atomic mass is 32.1. The standard InChI is InChI=1S/C12H28OP2/c1-9(2)14(10(3)4)15(13,11(5)6)12(7)8/h9-12H,1-8H3. The predicted molar refractivity (Wildman–Crippen MR) is 75.1 cm³/mol. The van der Waals surface area contributed by atoms with E-state index >= 15 is 0 Å². The molecular weight excluding hydrogens is 222 g/mol. The van der Waals surface area contributed by atoms with Crippen LogP contribution < -0.4 is 0 Å². The first-order chi connectivity index (χ1) is 6.65. The third kappa shape index (κ3) is 3.31. The molecule has 0 radical (unpaired) electrons. The number of hydrogen-bond donors (Lipinski definition) is 0. The van der Waals surface area contributed by atoms with Gasteiger partial charge in [0.2, 0.25) is 0 Å². The molecule has 0 fully saturated rings. The molecular formula is C12H28OP2. The van der Waals surface area contributed by atoms with Crippen molar-refractivity contribution < 1.29 is 4.57 Å². The van der Waals surface area contributed by atoms with Crippen LogP contribution in [0.15, 0.2) is 0 Å². The van der Waals surface area contributed by atoms with Gasteiger partial charge in [0.1, 0.15) is 6.83 Å². The molecule has 0 aromatic carbocycles.